The zero-order chi connectivity index (χ0) is 10.7. The van der Waals surface area contributed by atoms with Gasteiger partial charge in [-0.25, -0.2) is 9.97 Å². The summed E-state index contributed by atoms with van der Waals surface area (Å²) in [5.74, 6) is 1.41. The summed E-state index contributed by atoms with van der Waals surface area (Å²) in [6, 6.07) is 1.81. The van der Waals surface area contributed by atoms with Crippen molar-refractivity contribution in [3.8, 4) is 5.88 Å². The summed E-state index contributed by atoms with van der Waals surface area (Å²) in [6.45, 7) is 3.99. The van der Waals surface area contributed by atoms with Crippen LogP contribution in [0.4, 0.5) is 5.82 Å². The average Bonchev–Trinajstić information content (AvgIpc) is 2.66. The Morgan fingerprint density at radius 1 is 1.60 bits per heavy atom. The zero-order valence-corrected chi connectivity index (χ0v) is 8.76. The van der Waals surface area contributed by atoms with Crippen LogP contribution in [-0.4, -0.2) is 40.9 Å². The van der Waals surface area contributed by atoms with Crippen molar-refractivity contribution in [2.45, 2.75) is 19.4 Å². The lowest BCUT2D eigenvalue weighted by atomic mass is 10.3. The van der Waals surface area contributed by atoms with Gasteiger partial charge in [0.05, 0.1) is 12.7 Å². The number of hydrogen-bond acceptors (Lipinski definition) is 5. The van der Waals surface area contributed by atoms with Gasteiger partial charge in [-0.05, 0) is 13.3 Å². The van der Waals surface area contributed by atoms with Crippen molar-refractivity contribution in [3.05, 3.63) is 12.4 Å². The number of aliphatic hydroxyl groups excluding tert-OH is 1. The van der Waals surface area contributed by atoms with E-state index in [1.807, 2.05) is 17.9 Å². The maximum Gasteiger partial charge on any atom is 0.218 e. The van der Waals surface area contributed by atoms with E-state index in [9.17, 15) is 5.11 Å². The largest absolute Gasteiger partial charge is 0.478 e. The lowest BCUT2D eigenvalue weighted by molar-refractivity contribution is 0.198. The van der Waals surface area contributed by atoms with Gasteiger partial charge in [0.2, 0.25) is 5.88 Å². The fourth-order valence-corrected chi connectivity index (χ4v) is 1.68. The Morgan fingerprint density at radius 2 is 2.47 bits per heavy atom. The molecular formula is C10H15N3O2. The summed E-state index contributed by atoms with van der Waals surface area (Å²) in [5, 5.41) is 9.42. The van der Waals surface area contributed by atoms with Crippen LogP contribution in [-0.2, 0) is 0 Å². The first-order valence-electron chi connectivity index (χ1n) is 5.17. The van der Waals surface area contributed by atoms with Gasteiger partial charge in [0, 0.05) is 19.2 Å². The van der Waals surface area contributed by atoms with Crippen LogP contribution in [0.2, 0.25) is 0 Å². The van der Waals surface area contributed by atoms with Crippen LogP contribution in [0, 0.1) is 0 Å². The number of aromatic nitrogens is 2. The van der Waals surface area contributed by atoms with Crippen LogP contribution in [0.25, 0.3) is 0 Å². The number of aliphatic hydroxyl groups is 1. The normalized spacial score (nSPS) is 20.7. The number of nitrogens with zero attached hydrogens (tertiary/aromatic N) is 3. The number of β-amino-alcohol motifs (C(OH)–C–C–N with tert-alkyl or cyclic N) is 1. The van der Waals surface area contributed by atoms with Gasteiger partial charge in [-0.3, -0.25) is 0 Å². The first-order valence-corrected chi connectivity index (χ1v) is 5.17. The smallest absolute Gasteiger partial charge is 0.218 e. The summed E-state index contributed by atoms with van der Waals surface area (Å²) in [7, 11) is 0. The van der Waals surface area contributed by atoms with Crippen molar-refractivity contribution < 1.29 is 9.84 Å². The fourth-order valence-electron chi connectivity index (χ4n) is 1.68. The molecule has 15 heavy (non-hydrogen) atoms. The summed E-state index contributed by atoms with van der Waals surface area (Å²) in [6.07, 6.45) is 2.05. The molecule has 1 aliphatic heterocycles. The first kappa shape index (κ1) is 10.2. The molecule has 1 aromatic rings. The van der Waals surface area contributed by atoms with Gasteiger partial charge >= 0.3 is 0 Å². The van der Waals surface area contributed by atoms with E-state index in [1.165, 1.54) is 6.33 Å². The minimum absolute atomic E-state index is 0.240. The van der Waals surface area contributed by atoms with Crippen LogP contribution in [0.1, 0.15) is 13.3 Å². The van der Waals surface area contributed by atoms with Crippen molar-refractivity contribution >= 4 is 5.82 Å². The van der Waals surface area contributed by atoms with Crippen LogP contribution >= 0.6 is 0 Å². The molecule has 2 heterocycles. The molecule has 1 aliphatic rings. The standard InChI is InChI=1S/C10H15N3O2/c1-2-15-10-5-9(11-7-12-10)13-4-3-8(14)6-13/h5,7-8,14H,2-4,6H2,1H3/t8-/m0/s1. The molecule has 0 radical (unpaired) electrons. The Kier molecular flexibility index (Phi) is 3.01. The Morgan fingerprint density at radius 3 is 3.13 bits per heavy atom. The van der Waals surface area contributed by atoms with Gasteiger partial charge in [-0.1, -0.05) is 0 Å². The molecule has 82 valence electrons. The van der Waals surface area contributed by atoms with Crippen LogP contribution < -0.4 is 9.64 Å². The van der Waals surface area contributed by atoms with Gasteiger partial charge in [-0.15, -0.1) is 0 Å². The summed E-state index contributed by atoms with van der Waals surface area (Å²) in [4.78, 5) is 10.2. The van der Waals surface area contributed by atoms with E-state index in [2.05, 4.69) is 9.97 Å². The molecule has 1 N–H and O–H groups in total. The summed E-state index contributed by atoms with van der Waals surface area (Å²) in [5.41, 5.74) is 0. The Hall–Kier alpha value is -1.36. The molecule has 1 fully saturated rings. The Balaban J connectivity index is 2.10. The molecule has 5 heteroatoms. The highest BCUT2D eigenvalue weighted by Crippen LogP contribution is 2.20. The van der Waals surface area contributed by atoms with Crippen LogP contribution in [0.3, 0.4) is 0 Å². The lowest BCUT2D eigenvalue weighted by Crippen LogP contribution is -2.22. The number of hydrogen-bond donors (Lipinski definition) is 1. The monoisotopic (exact) mass is 209 g/mol. The van der Waals surface area contributed by atoms with E-state index in [4.69, 9.17) is 4.74 Å². The van der Waals surface area contributed by atoms with Crippen LogP contribution in [0.5, 0.6) is 5.88 Å². The summed E-state index contributed by atoms with van der Waals surface area (Å²) >= 11 is 0. The Labute approximate surface area is 88.7 Å². The highest BCUT2D eigenvalue weighted by molar-refractivity contribution is 5.42. The van der Waals surface area contributed by atoms with Crippen molar-refractivity contribution in [1.82, 2.24) is 9.97 Å². The molecule has 2 rings (SSSR count). The van der Waals surface area contributed by atoms with E-state index in [0.717, 1.165) is 18.8 Å². The average molecular weight is 209 g/mol. The number of ether oxygens (including phenoxy) is 1. The molecule has 0 aromatic carbocycles. The predicted molar refractivity (Wildman–Crippen MR) is 56.0 cm³/mol. The van der Waals surface area contributed by atoms with Gasteiger partial charge in [-0.2, -0.15) is 0 Å². The van der Waals surface area contributed by atoms with Gasteiger partial charge < -0.3 is 14.7 Å². The van der Waals surface area contributed by atoms with E-state index in [-0.39, 0.29) is 6.10 Å². The summed E-state index contributed by atoms with van der Waals surface area (Å²) < 4.78 is 5.29. The number of rotatable bonds is 3. The highest BCUT2D eigenvalue weighted by Gasteiger charge is 2.21. The van der Waals surface area contributed by atoms with E-state index >= 15 is 0 Å². The lowest BCUT2D eigenvalue weighted by Gasteiger charge is -2.16. The van der Waals surface area contributed by atoms with Gasteiger partial charge in [0.15, 0.2) is 0 Å². The molecule has 0 amide bonds. The predicted octanol–water partition coefficient (Wildman–Crippen LogP) is 0.446. The minimum Gasteiger partial charge on any atom is -0.478 e. The quantitative estimate of drug-likeness (QED) is 0.783. The molecule has 1 aromatic heterocycles. The molecule has 0 bridgehead atoms. The van der Waals surface area contributed by atoms with Gasteiger partial charge in [0.25, 0.3) is 0 Å². The van der Waals surface area contributed by atoms with Crippen LogP contribution in [0.15, 0.2) is 12.4 Å². The second-order valence-corrected chi connectivity index (χ2v) is 3.54. The molecule has 0 unspecified atom stereocenters. The molecule has 0 aliphatic carbocycles. The molecule has 1 atom stereocenters. The number of anilines is 1. The second-order valence-electron chi connectivity index (χ2n) is 3.54. The highest BCUT2D eigenvalue weighted by atomic mass is 16.5. The third-order valence-electron chi connectivity index (χ3n) is 2.41. The third-order valence-corrected chi connectivity index (χ3v) is 2.41. The molecule has 0 saturated carbocycles. The molecule has 0 spiro atoms. The Bertz CT molecular complexity index is 332. The van der Waals surface area contributed by atoms with Crippen molar-refractivity contribution in [2.75, 3.05) is 24.6 Å². The topological polar surface area (TPSA) is 58.5 Å². The van der Waals surface area contributed by atoms with Crippen molar-refractivity contribution in [3.63, 3.8) is 0 Å². The van der Waals surface area contributed by atoms with Gasteiger partial charge in [0.1, 0.15) is 12.1 Å². The maximum absolute atomic E-state index is 9.42. The molecule has 5 nitrogen and oxygen atoms in total. The fraction of sp³-hybridized carbons (Fsp3) is 0.600. The maximum atomic E-state index is 9.42. The minimum atomic E-state index is -0.240. The first-order chi connectivity index (χ1) is 7.29. The molecular weight excluding hydrogens is 194 g/mol. The zero-order valence-electron chi connectivity index (χ0n) is 8.76. The van der Waals surface area contributed by atoms with E-state index in [0.29, 0.717) is 19.0 Å². The van der Waals surface area contributed by atoms with Crippen molar-refractivity contribution in [1.29, 1.82) is 0 Å². The SMILES string of the molecule is CCOc1cc(N2CC[C@H](O)C2)ncn1. The third kappa shape index (κ3) is 2.36. The van der Waals surface area contributed by atoms with E-state index < -0.39 is 0 Å². The van der Waals surface area contributed by atoms with Crippen molar-refractivity contribution in [2.24, 2.45) is 0 Å². The molecule has 1 saturated heterocycles. The van der Waals surface area contributed by atoms with E-state index in [1.54, 1.807) is 0 Å². The second kappa shape index (κ2) is 4.44.